The third-order valence-electron chi connectivity index (χ3n) is 1.63. The molecule has 1 aliphatic heterocycles. The molecule has 11 heavy (non-hydrogen) atoms. The summed E-state index contributed by atoms with van der Waals surface area (Å²) < 4.78 is 20.2. The zero-order chi connectivity index (χ0) is 9.31. The molecular weight excluding hydrogens is 158 g/mol. The van der Waals surface area contributed by atoms with Crippen LogP contribution in [-0.2, 0) is 4.74 Å². The molecule has 0 bridgehead atoms. The Labute approximate surface area is 73.0 Å². The van der Waals surface area contributed by atoms with Crippen molar-refractivity contribution in [2.75, 3.05) is 19.6 Å². The Balaban J connectivity index is 1.99. The van der Waals surface area contributed by atoms with Gasteiger partial charge in [-0.3, -0.25) is 0 Å². The molecule has 0 radical (unpaired) electrons. The second-order valence-electron chi connectivity index (χ2n) is 2.37. The smallest absolute Gasteiger partial charge is 0.104 e. The Kier molecular flexibility index (Phi) is 1.61. The Bertz CT molecular complexity index is 266. The first-order valence-electron chi connectivity index (χ1n) is 4.57. The first-order valence-corrected chi connectivity index (χ1v) is 4.45. The summed E-state index contributed by atoms with van der Waals surface area (Å²) in [5.74, 6) is 0. The standard InChI is InChI=1S/C8H11NOS/c1-2-8(11-5-1)7-6-9-3-4-10-7/h1-2,5,7,9H,3-4,6H2/i3D2. The zero-order valence-electron chi connectivity index (χ0n) is 8.04. The van der Waals surface area contributed by atoms with Gasteiger partial charge in [0.25, 0.3) is 0 Å². The van der Waals surface area contributed by atoms with Crippen LogP contribution in [-0.4, -0.2) is 19.6 Å². The quantitative estimate of drug-likeness (QED) is 0.690. The van der Waals surface area contributed by atoms with Crippen molar-refractivity contribution in [3.05, 3.63) is 22.4 Å². The fourth-order valence-corrected chi connectivity index (χ4v) is 1.85. The molecule has 1 saturated heterocycles. The van der Waals surface area contributed by atoms with Crippen LogP contribution in [0.2, 0.25) is 0 Å². The Morgan fingerprint density at radius 2 is 2.82 bits per heavy atom. The molecule has 1 atom stereocenters. The normalized spacial score (nSPS) is 32.5. The van der Waals surface area contributed by atoms with Crippen LogP contribution in [0, 0.1) is 0 Å². The van der Waals surface area contributed by atoms with Crippen LogP contribution in [0.1, 0.15) is 13.7 Å². The monoisotopic (exact) mass is 171 g/mol. The summed E-state index contributed by atoms with van der Waals surface area (Å²) in [5, 5.41) is 4.81. The van der Waals surface area contributed by atoms with E-state index in [0.29, 0.717) is 6.54 Å². The minimum atomic E-state index is -1.37. The average Bonchev–Trinajstić information content (AvgIpc) is 2.56. The molecule has 0 aromatic carbocycles. The predicted octanol–water partition coefficient (Wildman–Crippen LogP) is 1.41. The zero-order valence-corrected chi connectivity index (χ0v) is 6.86. The molecule has 0 amide bonds. The topological polar surface area (TPSA) is 21.3 Å². The van der Waals surface area contributed by atoms with E-state index in [0.717, 1.165) is 4.88 Å². The SMILES string of the molecule is [2H]C1([2H])COC(c2cccs2)CN1. The molecule has 0 saturated carbocycles. The second-order valence-corrected chi connectivity index (χ2v) is 3.35. The van der Waals surface area contributed by atoms with E-state index in [2.05, 4.69) is 5.32 Å². The third kappa shape index (κ3) is 1.61. The lowest BCUT2D eigenvalue weighted by Crippen LogP contribution is -2.32. The maximum atomic E-state index is 7.38. The summed E-state index contributed by atoms with van der Waals surface area (Å²) in [6.45, 7) is -0.698. The largest absolute Gasteiger partial charge is 0.370 e. The number of hydrogen-bond acceptors (Lipinski definition) is 3. The van der Waals surface area contributed by atoms with Crippen LogP contribution in [0.3, 0.4) is 0 Å². The van der Waals surface area contributed by atoms with Gasteiger partial charge in [0.1, 0.15) is 6.10 Å². The third-order valence-corrected chi connectivity index (χ3v) is 2.59. The van der Waals surface area contributed by atoms with Crippen molar-refractivity contribution in [2.45, 2.75) is 6.10 Å². The molecule has 1 aromatic heterocycles. The van der Waals surface area contributed by atoms with Crippen molar-refractivity contribution in [1.29, 1.82) is 0 Å². The maximum absolute atomic E-state index is 7.38. The Hall–Kier alpha value is -0.380. The second kappa shape index (κ2) is 3.34. The summed E-state index contributed by atoms with van der Waals surface area (Å²) in [7, 11) is 0. The molecule has 1 aromatic rings. The van der Waals surface area contributed by atoms with Crippen LogP contribution in [0.15, 0.2) is 17.5 Å². The van der Waals surface area contributed by atoms with Gasteiger partial charge in [0, 0.05) is 20.7 Å². The molecule has 2 nitrogen and oxygen atoms in total. The van der Waals surface area contributed by atoms with E-state index in [-0.39, 0.29) is 12.7 Å². The van der Waals surface area contributed by atoms with E-state index in [1.807, 2.05) is 17.5 Å². The lowest BCUT2D eigenvalue weighted by molar-refractivity contribution is 0.0299. The summed E-state index contributed by atoms with van der Waals surface area (Å²) in [6, 6.07) is 3.99. The van der Waals surface area contributed by atoms with Gasteiger partial charge in [-0.05, 0) is 11.4 Å². The minimum absolute atomic E-state index is 0.0174. The van der Waals surface area contributed by atoms with Gasteiger partial charge in [0.05, 0.1) is 6.61 Å². The van der Waals surface area contributed by atoms with Crippen molar-refractivity contribution < 1.29 is 7.48 Å². The van der Waals surface area contributed by atoms with Crippen molar-refractivity contribution in [2.24, 2.45) is 0 Å². The number of rotatable bonds is 1. The number of hydrogen-bond donors (Lipinski definition) is 1. The molecule has 1 aliphatic rings. The lowest BCUT2D eigenvalue weighted by Gasteiger charge is -2.22. The molecule has 2 rings (SSSR count). The highest BCUT2D eigenvalue weighted by Crippen LogP contribution is 2.22. The summed E-state index contributed by atoms with van der Waals surface area (Å²) in [4.78, 5) is 1.16. The number of nitrogens with one attached hydrogen (secondary N) is 1. The molecule has 1 N–H and O–H groups in total. The average molecular weight is 171 g/mol. The van der Waals surface area contributed by atoms with Gasteiger partial charge in [0.2, 0.25) is 0 Å². The number of thiophene rings is 1. The molecule has 0 spiro atoms. The van der Waals surface area contributed by atoms with Crippen LogP contribution >= 0.6 is 11.3 Å². The van der Waals surface area contributed by atoms with Crippen molar-refractivity contribution in [3.63, 3.8) is 0 Å². The first kappa shape index (κ1) is 5.30. The molecule has 3 heteroatoms. The molecular formula is C8H11NOS. The Morgan fingerprint density at radius 3 is 3.45 bits per heavy atom. The van der Waals surface area contributed by atoms with Crippen LogP contribution in [0.25, 0.3) is 0 Å². The molecule has 2 heterocycles. The van der Waals surface area contributed by atoms with Crippen LogP contribution in [0.4, 0.5) is 0 Å². The maximum Gasteiger partial charge on any atom is 0.104 e. The van der Waals surface area contributed by atoms with E-state index >= 15 is 0 Å². The van der Waals surface area contributed by atoms with Crippen molar-refractivity contribution in [3.8, 4) is 0 Å². The van der Waals surface area contributed by atoms with Gasteiger partial charge < -0.3 is 10.1 Å². The fraction of sp³-hybridized carbons (Fsp3) is 0.500. The van der Waals surface area contributed by atoms with Gasteiger partial charge in [-0.2, -0.15) is 0 Å². The molecule has 0 aliphatic carbocycles. The highest BCUT2D eigenvalue weighted by molar-refractivity contribution is 7.10. The van der Waals surface area contributed by atoms with Gasteiger partial charge in [-0.15, -0.1) is 11.3 Å². The van der Waals surface area contributed by atoms with E-state index in [4.69, 9.17) is 7.48 Å². The lowest BCUT2D eigenvalue weighted by atomic mass is 10.2. The van der Waals surface area contributed by atoms with Crippen molar-refractivity contribution in [1.82, 2.24) is 5.32 Å². The molecule has 1 unspecified atom stereocenters. The van der Waals surface area contributed by atoms with E-state index in [1.165, 1.54) is 0 Å². The van der Waals surface area contributed by atoms with E-state index in [1.54, 1.807) is 11.3 Å². The fourth-order valence-electron chi connectivity index (χ4n) is 1.07. The van der Waals surface area contributed by atoms with Gasteiger partial charge in [-0.25, -0.2) is 0 Å². The van der Waals surface area contributed by atoms with Gasteiger partial charge in [0.15, 0.2) is 0 Å². The van der Waals surface area contributed by atoms with Crippen LogP contribution in [0.5, 0.6) is 0 Å². The van der Waals surface area contributed by atoms with Crippen molar-refractivity contribution >= 4 is 11.3 Å². The highest BCUT2D eigenvalue weighted by Gasteiger charge is 2.15. The van der Waals surface area contributed by atoms with Gasteiger partial charge >= 0.3 is 0 Å². The summed E-state index contributed by atoms with van der Waals surface area (Å²) in [5.41, 5.74) is 0. The first-order chi connectivity index (χ1) is 6.17. The summed E-state index contributed by atoms with van der Waals surface area (Å²) >= 11 is 1.64. The highest BCUT2D eigenvalue weighted by atomic mass is 32.1. The van der Waals surface area contributed by atoms with Gasteiger partial charge in [-0.1, -0.05) is 6.07 Å². The molecule has 1 fully saturated rings. The summed E-state index contributed by atoms with van der Waals surface area (Å²) in [6.07, 6.45) is 0.0174. The Morgan fingerprint density at radius 1 is 1.82 bits per heavy atom. The number of morpholine rings is 1. The van der Waals surface area contributed by atoms with Crippen LogP contribution < -0.4 is 5.32 Å². The minimum Gasteiger partial charge on any atom is -0.370 e. The number of ether oxygens (including phenoxy) is 1. The molecule has 60 valence electrons. The predicted molar refractivity (Wildman–Crippen MR) is 45.9 cm³/mol. The van der Waals surface area contributed by atoms with E-state index < -0.39 is 6.50 Å². The van der Waals surface area contributed by atoms with E-state index in [9.17, 15) is 0 Å².